The van der Waals surface area contributed by atoms with Crippen molar-refractivity contribution >= 4 is 16.8 Å². The molecule has 1 atom stereocenters. The fourth-order valence-electron chi connectivity index (χ4n) is 3.54. The van der Waals surface area contributed by atoms with Crippen LogP contribution in [0.5, 0.6) is 0 Å². The molecule has 2 aromatic heterocycles. The van der Waals surface area contributed by atoms with E-state index in [0.717, 1.165) is 42.3 Å². The highest BCUT2D eigenvalue weighted by Gasteiger charge is 2.27. The zero-order valence-corrected chi connectivity index (χ0v) is 13.5. The van der Waals surface area contributed by atoms with E-state index < -0.39 is 0 Å². The number of aryl methyl sites for hydroxylation is 1. The van der Waals surface area contributed by atoms with E-state index in [0.29, 0.717) is 6.54 Å². The molecule has 0 unspecified atom stereocenters. The van der Waals surface area contributed by atoms with Gasteiger partial charge in [0.05, 0.1) is 23.3 Å². The number of para-hydroxylation sites is 1. The van der Waals surface area contributed by atoms with Crippen molar-refractivity contribution in [2.45, 2.75) is 31.6 Å². The highest BCUT2D eigenvalue weighted by molar-refractivity contribution is 5.84. The van der Waals surface area contributed by atoms with E-state index in [1.165, 1.54) is 11.1 Å². The number of aromatic nitrogens is 3. The fraction of sp³-hybridized carbons (Fsp3) is 0.316. The molecular weight excluding hydrogens is 300 g/mol. The summed E-state index contributed by atoms with van der Waals surface area (Å²) in [6, 6.07) is 10.2. The molecule has 4 rings (SSSR count). The van der Waals surface area contributed by atoms with Crippen molar-refractivity contribution in [2.24, 2.45) is 0 Å². The molecular formula is C19H20N4O. The highest BCUT2D eigenvalue weighted by Crippen LogP contribution is 2.29. The Morgan fingerprint density at radius 2 is 2.21 bits per heavy atom. The van der Waals surface area contributed by atoms with Crippen LogP contribution in [-0.2, 0) is 17.6 Å². The van der Waals surface area contributed by atoms with Gasteiger partial charge in [0.1, 0.15) is 0 Å². The number of fused-ring (bicyclic) bond motifs is 2. The van der Waals surface area contributed by atoms with Crippen LogP contribution in [0, 0.1) is 0 Å². The average Bonchev–Trinajstić information content (AvgIpc) is 3.10. The third kappa shape index (κ3) is 2.77. The minimum Gasteiger partial charge on any atom is -0.355 e. The number of carbonyl (C=O) groups is 1. The summed E-state index contributed by atoms with van der Waals surface area (Å²) in [5, 5.41) is 11.3. The Morgan fingerprint density at radius 3 is 3.17 bits per heavy atom. The van der Waals surface area contributed by atoms with Crippen LogP contribution < -0.4 is 5.32 Å². The molecule has 1 aliphatic rings. The number of benzene rings is 1. The average molecular weight is 320 g/mol. The molecule has 0 spiro atoms. The molecule has 3 aromatic rings. The SMILES string of the molecule is O=C(NCCc1cccc2cccnc12)[C@H]1CCCc2cn[nH]c21. The normalized spacial score (nSPS) is 16.8. The molecule has 5 nitrogen and oxygen atoms in total. The predicted octanol–water partition coefficient (Wildman–Crippen LogP) is 2.74. The highest BCUT2D eigenvalue weighted by atomic mass is 16.1. The third-order valence-electron chi connectivity index (χ3n) is 4.77. The first-order valence-electron chi connectivity index (χ1n) is 8.45. The summed E-state index contributed by atoms with van der Waals surface area (Å²) in [5.74, 6) is -0.00436. The molecule has 0 fully saturated rings. The van der Waals surface area contributed by atoms with E-state index in [9.17, 15) is 4.79 Å². The second-order valence-electron chi connectivity index (χ2n) is 6.29. The molecule has 1 aliphatic carbocycles. The maximum Gasteiger partial charge on any atom is 0.229 e. The van der Waals surface area contributed by atoms with Gasteiger partial charge in [-0.05, 0) is 42.9 Å². The van der Waals surface area contributed by atoms with Crippen molar-refractivity contribution in [3.8, 4) is 0 Å². The van der Waals surface area contributed by atoms with Crippen molar-refractivity contribution in [3.05, 3.63) is 59.5 Å². The zero-order valence-electron chi connectivity index (χ0n) is 13.5. The van der Waals surface area contributed by atoms with E-state index in [2.05, 4.69) is 38.7 Å². The van der Waals surface area contributed by atoms with Gasteiger partial charge in [-0.25, -0.2) is 0 Å². The molecule has 0 radical (unpaired) electrons. The number of hydrogen-bond donors (Lipinski definition) is 2. The van der Waals surface area contributed by atoms with Crippen LogP contribution in [0.2, 0.25) is 0 Å². The van der Waals surface area contributed by atoms with Crippen molar-refractivity contribution in [1.82, 2.24) is 20.5 Å². The minimum absolute atomic E-state index is 0.0911. The van der Waals surface area contributed by atoms with Gasteiger partial charge in [-0.15, -0.1) is 0 Å². The van der Waals surface area contributed by atoms with Gasteiger partial charge in [0.15, 0.2) is 0 Å². The van der Waals surface area contributed by atoms with Crippen LogP contribution in [0.4, 0.5) is 0 Å². The van der Waals surface area contributed by atoms with Gasteiger partial charge in [-0.3, -0.25) is 14.9 Å². The summed E-state index contributed by atoms with van der Waals surface area (Å²) < 4.78 is 0. The van der Waals surface area contributed by atoms with Gasteiger partial charge in [0.2, 0.25) is 5.91 Å². The number of pyridine rings is 1. The number of amides is 1. The quantitative estimate of drug-likeness (QED) is 0.776. The third-order valence-corrected chi connectivity index (χ3v) is 4.77. The van der Waals surface area contributed by atoms with Crippen LogP contribution in [0.25, 0.3) is 10.9 Å². The standard InChI is InChI=1S/C19H20N4O/c24-19(16-8-2-6-15-12-22-23-18(15)16)21-11-9-14-5-1-4-13-7-3-10-20-17(13)14/h1,3-5,7,10,12,16H,2,6,8-9,11H2,(H,21,24)(H,22,23)/t16-/m0/s1. The second kappa shape index (κ2) is 6.43. The van der Waals surface area contributed by atoms with Gasteiger partial charge in [0, 0.05) is 18.1 Å². The Kier molecular flexibility index (Phi) is 3.99. The number of nitrogens with one attached hydrogen (secondary N) is 2. The summed E-state index contributed by atoms with van der Waals surface area (Å²) in [6.07, 6.45) is 7.37. The molecule has 2 heterocycles. The number of H-pyrrole nitrogens is 1. The van der Waals surface area contributed by atoms with Gasteiger partial charge in [-0.2, -0.15) is 5.10 Å². The van der Waals surface area contributed by atoms with E-state index in [1.807, 2.05) is 24.5 Å². The Hall–Kier alpha value is -2.69. The molecule has 122 valence electrons. The van der Waals surface area contributed by atoms with Crippen LogP contribution in [-0.4, -0.2) is 27.6 Å². The van der Waals surface area contributed by atoms with E-state index >= 15 is 0 Å². The van der Waals surface area contributed by atoms with Gasteiger partial charge in [0.25, 0.3) is 0 Å². The minimum atomic E-state index is -0.0955. The summed E-state index contributed by atoms with van der Waals surface area (Å²) in [4.78, 5) is 17.0. The molecule has 0 saturated heterocycles. The number of nitrogens with zero attached hydrogens (tertiary/aromatic N) is 2. The first kappa shape index (κ1) is 14.9. The Balaban J connectivity index is 1.42. The van der Waals surface area contributed by atoms with E-state index in [1.54, 1.807) is 0 Å². The van der Waals surface area contributed by atoms with E-state index in [-0.39, 0.29) is 11.8 Å². The molecule has 2 N–H and O–H groups in total. The lowest BCUT2D eigenvalue weighted by atomic mass is 9.87. The summed E-state index contributed by atoms with van der Waals surface area (Å²) in [6.45, 7) is 0.620. The monoisotopic (exact) mass is 320 g/mol. The maximum atomic E-state index is 12.5. The zero-order chi connectivity index (χ0) is 16.4. The predicted molar refractivity (Wildman–Crippen MR) is 92.7 cm³/mol. The molecule has 0 bridgehead atoms. The first-order chi connectivity index (χ1) is 11.8. The van der Waals surface area contributed by atoms with Crippen LogP contribution >= 0.6 is 0 Å². The number of hydrogen-bond acceptors (Lipinski definition) is 3. The number of carbonyl (C=O) groups excluding carboxylic acids is 1. The summed E-state index contributed by atoms with van der Waals surface area (Å²) in [7, 11) is 0. The Labute approximate surface area is 140 Å². The van der Waals surface area contributed by atoms with Gasteiger partial charge >= 0.3 is 0 Å². The fourth-order valence-corrected chi connectivity index (χ4v) is 3.54. The van der Waals surface area contributed by atoms with Crippen molar-refractivity contribution in [1.29, 1.82) is 0 Å². The van der Waals surface area contributed by atoms with Crippen molar-refractivity contribution in [2.75, 3.05) is 6.54 Å². The molecule has 1 amide bonds. The second-order valence-corrected chi connectivity index (χ2v) is 6.29. The topological polar surface area (TPSA) is 70.7 Å². The Morgan fingerprint density at radius 1 is 1.29 bits per heavy atom. The molecule has 24 heavy (non-hydrogen) atoms. The van der Waals surface area contributed by atoms with Gasteiger partial charge < -0.3 is 5.32 Å². The van der Waals surface area contributed by atoms with Crippen molar-refractivity contribution < 1.29 is 4.79 Å². The molecule has 1 aromatic carbocycles. The smallest absolute Gasteiger partial charge is 0.229 e. The molecule has 0 aliphatic heterocycles. The number of aromatic amines is 1. The largest absolute Gasteiger partial charge is 0.355 e. The number of rotatable bonds is 4. The summed E-state index contributed by atoms with van der Waals surface area (Å²) >= 11 is 0. The lowest BCUT2D eigenvalue weighted by molar-refractivity contribution is -0.122. The van der Waals surface area contributed by atoms with Crippen LogP contribution in [0.1, 0.15) is 35.6 Å². The first-order valence-corrected chi connectivity index (χ1v) is 8.45. The maximum absolute atomic E-state index is 12.5. The molecule has 5 heteroatoms. The van der Waals surface area contributed by atoms with Crippen LogP contribution in [0.15, 0.2) is 42.7 Å². The van der Waals surface area contributed by atoms with Gasteiger partial charge in [-0.1, -0.05) is 24.3 Å². The molecule has 0 saturated carbocycles. The van der Waals surface area contributed by atoms with E-state index in [4.69, 9.17) is 0 Å². The van der Waals surface area contributed by atoms with Crippen LogP contribution in [0.3, 0.4) is 0 Å². The lowest BCUT2D eigenvalue weighted by Crippen LogP contribution is -2.32. The lowest BCUT2D eigenvalue weighted by Gasteiger charge is -2.21. The summed E-state index contributed by atoms with van der Waals surface area (Å²) in [5.41, 5.74) is 4.35. The Bertz CT molecular complexity index is 865. The van der Waals surface area contributed by atoms with Crippen molar-refractivity contribution in [3.63, 3.8) is 0 Å².